The lowest BCUT2D eigenvalue weighted by atomic mass is 9.89. The number of nitrogens with one attached hydrogen (secondary N) is 3. The number of carboxylic acids is 1. The predicted octanol–water partition coefficient (Wildman–Crippen LogP) is 3.65. The number of carbonyl (C=O) groups is 7. The molecule has 6 amide bonds. The van der Waals surface area contributed by atoms with Crippen LogP contribution in [0.25, 0.3) is 20.5 Å². The van der Waals surface area contributed by atoms with Crippen LogP contribution in [0.1, 0.15) is 94.9 Å². The van der Waals surface area contributed by atoms with E-state index < -0.39 is 133 Å². The van der Waals surface area contributed by atoms with Crippen LogP contribution in [-0.4, -0.2) is 262 Å². The standard InChI is InChI=1S/C66H101N9O21S/c1-12-40(6)54(48(88-10)35-51(77)75-24-16-19-46(75)58(89-11)41(7)60(81)70-45(64(85)86)33-42-17-14-13-15-18-42)73(8)63(84)52(38(2)3)71-62(83)53(39(4)5)74(9)66(87)94-37-43-20-21-47(95-65-57(80)56(79)55(78)49(36-76)96-65)44-34-50(97-59(43)44)61(82)68-22-25-90-27-29-92-31-32-93-30-28-91-26-23-69-72-67/h13-15,17-18,20-21,34,38-41,45-46,48-49,52-58,65,76,78-80H,12,16,19,22-33,35-37H2,1-11H3,(H,68,82)(H,70,81)(H,71,83)(H,85,86)/t40?,41-,45?,46+,48-,49-,52+,53+,54+,55+,56+,57-,58-,65-/m1/s1. The van der Waals surface area contributed by atoms with Gasteiger partial charge in [0.2, 0.25) is 29.9 Å². The lowest BCUT2D eigenvalue weighted by Crippen LogP contribution is -2.60. The fraction of sp³-hybridized carbons (Fsp3) is 0.682. The third-order valence-electron chi connectivity index (χ3n) is 17.4. The fourth-order valence-electron chi connectivity index (χ4n) is 11.9. The highest BCUT2D eigenvalue weighted by Gasteiger charge is 2.46. The molecule has 2 saturated heterocycles. The van der Waals surface area contributed by atoms with E-state index in [9.17, 15) is 59.1 Å². The van der Waals surface area contributed by atoms with Gasteiger partial charge in [0, 0.05) is 74.9 Å². The molecule has 2 fully saturated rings. The van der Waals surface area contributed by atoms with Crippen LogP contribution in [0.3, 0.4) is 0 Å². The number of likely N-dealkylation sites (tertiary alicyclic amines) is 1. The van der Waals surface area contributed by atoms with Crippen molar-refractivity contribution in [2.45, 2.75) is 160 Å². The number of benzene rings is 2. The van der Waals surface area contributed by atoms with Crippen molar-refractivity contribution in [1.29, 1.82) is 0 Å². The second kappa shape index (κ2) is 40.9. The second-order valence-corrected chi connectivity index (χ2v) is 25.9. The fourth-order valence-corrected chi connectivity index (χ4v) is 13.0. The molecule has 2 aliphatic rings. The lowest BCUT2D eigenvalue weighted by molar-refractivity contribution is -0.277. The number of carboxylic acid groups (broad SMARTS) is 1. The maximum atomic E-state index is 14.9. The van der Waals surface area contributed by atoms with Gasteiger partial charge >= 0.3 is 12.1 Å². The highest BCUT2D eigenvalue weighted by atomic mass is 32.1. The zero-order valence-electron chi connectivity index (χ0n) is 57.4. The van der Waals surface area contributed by atoms with Crippen molar-refractivity contribution < 1.29 is 102 Å². The van der Waals surface area contributed by atoms with Crippen LogP contribution in [0.5, 0.6) is 5.75 Å². The number of thiophene rings is 1. The first kappa shape index (κ1) is 80.8. The van der Waals surface area contributed by atoms with Crippen LogP contribution in [0, 0.1) is 23.7 Å². The van der Waals surface area contributed by atoms with Gasteiger partial charge in [0.05, 0.1) is 101 Å². The minimum Gasteiger partial charge on any atom is -0.480 e. The summed E-state index contributed by atoms with van der Waals surface area (Å²) in [5, 5.41) is 63.8. The number of fused-ring (bicyclic) bond motifs is 1. The van der Waals surface area contributed by atoms with E-state index in [1.807, 2.05) is 19.9 Å². The third kappa shape index (κ3) is 23.1. The number of aliphatic hydroxyl groups is 4. The molecule has 0 spiro atoms. The van der Waals surface area contributed by atoms with Crippen LogP contribution in [0.15, 0.2) is 53.6 Å². The molecule has 0 bridgehead atoms. The smallest absolute Gasteiger partial charge is 0.410 e. The molecule has 8 N–H and O–H groups in total. The Hall–Kier alpha value is -6.84. The summed E-state index contributed by atoms with van der Waals surface area (Å²) in [6, 6.07) is 8.78. The van der Waals surface area contributed by atoms with Gasteiger partial charge in [-0.2, -0.15) is 0 Å². The number of ether oxygens (including phenoxy) is 9. The second-order valence-electron chi connectivity index (χ2n) is 24.8. The summed E-state index contributed by atoms with van der Waals surface area (Å²) in [7, 11) is 5.92. The number of amides is 6. The van der Waals surface area contributed by atoms with E-state index in [1.165, 1.54) is 38.3 Å². The summed E-state index contributed by atoms with van der Waals surface area (Å²) in [6.45, 7) is 14.5. The predicted molar refractivity (Wildman–Crippen MR) is 355 cm³/mol. The Morgan fingerprint density at radius 1 is 0.814 bits per heavy atom. The molecule has 2 aliphatic heterocycles. The number of hydrogen-bond donors (Lipinski definition) is 8. The van der Waals surface area contributed by atoms with Crippen molar-refractivity contribution in [1.82, 2.24) is 30.7 Å². The van der Waals surface area contributed by atoms with Crippen molar-refractivity contribution in [3.63, 3.8) is 0 Å². The van der Waals surface area contributed by atoms with Crippen molar-refractivity contribution in [3.05, 3.63) is 75.0 Å². The Labute approximate surface area is 570 Å². The summed E-state index contributed by atoms with van der Waals surface area (Å²) in [6.07, 6.45) is -8.92. The lowest BCUT2D eigenvalue weighted by Gasteiger charge is -2.41. The number of rotatable bonds is 42. The van der Waals surface area contributed by atoms with Crippen LogP contribution in [0.4, 0.5) is 4.79 Å². The summed E-state index contributed by atoms with van der Waals surface area (Å²) in [5.74, 6) is -5.63. The number of aliphatic carboxylic acids is 1. The molecular weight excluding hydrogens is 1290 g/mol. The monoisotopic (exact) mass is 1390 g/mol. The van der Waals surface area contributed by atoms with Crippen molar-refractivity contribution in [2.75, 3.05) is 107 Å². The number of likely N-dealkylation sites (N-methyl/N-ethyl adjacent to an activating group) is 2. The van der Waals surface area contributed by atoms with Crippen molar-refractivity contribution in [3.8, 4) is 5.75 Å². The van der Waals surface area contributed by atoms with Gasteiger partial charge in [-0.3, -0.25) is 28.9 Å². The van der Waals surface area contributed by atoms with E-state index in [0.29, 0.717) is 74.5 Å². The molecule has 31 heteroatoms. The van der Waals surface area contributed by atoms with Gasteiger partial charge in [-0.15, -0.1) is 11.3 Å². The Morgan fingerprint density at radius 2 is 1.46 bits per heavy atom. The molecule has 97 heavy (non-hydrogen) atoms. The first-order valence-electron chi connectivity index (χ1n) is 32.9. The molecule has 3 aromatic rings. The first-order valence-corrected chi connectivity index (χ1v) is 33.7. The average molecular weight is 1390 g/mol. The molecule has 542 valence electrons. The highest BCUT2D eigenvalue weighted by Crippen LogP contribution is 2.38. The Morgan fingerprint density at radius 3 is 2.05 bits per heavy atom. The van der Waals surface area contributed by atoms with Gasteiger partial charge < -0.3 is 93.9 Å². The van der Waals surface area contributed by atoms with Crippen molar-refractivity contribution >= 4 is 63.0 Å². The molecule has 0 radical (unpaired) electrons. The van der Waals surface area contributed by atoms with E-state index in [1.54, 1.807) is 76.9 Å². The van der Waals surface area contributed by atoms with E-state index in [0.717, 1.165) is 21.8 Å². The molecule has 30 nitrogen and oxygen atoms in total. The maximum Gasteiger partial charge on any atom is 0.410 e. The molecule has 5 rings (SSSR count). The zero-order chi connectivity index (χ0) is 71.5. The van der Waals surface area contributed by atoms with Crippen LogP contribution in [0.2, 0.25) is 0 Å². The largest absolute Gasteiger partial charge is 0.480 e. The molecule has 3 heterocycles. The van der Waals surface area contributed by atoms with E-state index in [2.05, 4.69) is 26.0 Å². The minimum atomic E-state index is -1.76. The molecule has 1 aromatic heterocycles. The number of carbonyl (C=O) groups excluding carboxylic acids is 6. The molecule has 14 atom stereocenters. The summed E-state index contributed by atoms with van der Waals surface area (Å²) >= 11 is 1.03. The van der Waals surface area contributed by atoms with Gasteiger partial charge in [0.15, 0.2) is 0 Å². The van der Waals surface area contributed by atoms with Crippen LogP contribution in [-0.2, 0) is 74.9 Å². The van der Waals surface area contributed by atoms with Crippen molar-refractivity contribution in [2.24, 2.45) is 28.8 Å². The Kier molecular flexibility index (Phi) is 34.1. The topological polar surface area (TPSA) is 398 Å². The normalized spacial score (nSPS) is 20.4. The number of aliphatic hydroxyl groups excluding tert-OH is 4. The average Bonchev–Trinajstić information content (AvgIpc) is 1.69. The zero-order valence-corrected chi connectivity index (χ0v) is 58.3. The Bertz CT molecular complexity index is 3030. The molecular formula is C66H101N9O21S. The Balaban J connectivity index is 1.25. The van der Waals surface area contributed by atoms with Gasteiger partial charge in [-0.1, -0.05) is 96.4 Å². The molecule has 2 aromatic carbocycles. The highest BCUT2D eigenvalue weighted by molar-refractivity contribution is 7.21. The molecule has 0 saturated carbocycles. The number of azide groups is 1. The summed E-state index contributed by atoms with van der Waals surface area (Å²) < 4.78 is 51.8. The van der Waals surface area contributed by atoms with Crippen LogP contribution < -0.4 is 20.7 Å². The quantitative estimate of drug-likeness (QED) is 0.0174. The minimum absolute atomic E-state index is 0.0688. The van der Waals surface area contributed by atoms with E-state index >= 15 is 0 Å². The maximum absolute atomic E-state index is 14.9. The third-order valence-corrected chi connectivity index (χ3v) is 18.6. The van der Waals surface area contributed by atoms with Gasteiger partial charge in [-0.05, 0) is 53.8 Å². The first-order chi connectivity index (χ1) is 46.3. The van der Waals surface area contributed by atoms with E-state index in [-0.39, 0.29) is 74.8 Å². The number of hydrogen-bond acceptors (Lipinski definition) is 22. The SMILES string of the molecule is CCC(C)[C@@H]([C@@H](CC(=O)N1CCC[C@H]1[C@H](OC)[C@@H](C)C(=O)NC(Cc1ccccc1)C(=O)O)OC)N(C)C(=O)[C@@H](NC(=O)[C@H](C(C)C)N(C)C(=O)OCc1ccc(O[C@@H]2O[C@H](CO)[C@H](O)[C@H](O)[C@H]2O)c2cc(C(=O)NCCOCCOCCOCCOCCN=[N+]=[N-])sc12)C(C)C. The van der Waals surface area contributed by atoms with Gasteiger partial charge in [0.1, 0.15) is 54.9 Å². The van der Waals surface area contributed by atoms with E-state index in [4.69, 9.17) is 48.2 Å². The van der Waals surface area contributed by atoms with Gasteiger partial charge in [-0.25, -0.2) is 9.59 Å². The molecule has 2 unspecified atom stereocenters. The number of nitrogens with zero attached hydrogens (tertiary/aromatic N) is 6. The van der Waals surface area contributed by atoms with Crippen LogP contribution >= 0.6 is 11.3 Å². The molecule has 0 aliphatic carbocycles. The summed E-state index contributed by atoms with van der Waals surface area (Å²) in [4.78, 5) is 105. The number of methoxy groups -OCH3 is 2. The summed E-state index contributed by atoms with van der Waals surface area (Å²) in [5.41, 5.74) is 9.44. The van der Waals surface area contributed by atoms with Gasteiger partial charge in [0.25, 0.3) is 5.91 Å².